The van der Waals surface area contributed by atoms with Crippen LogP contribution in [0.5, 0.6) is 5.75 Å². The molecule has 128 valence electrons. The van der Waals surface area contributed by atoms with Crippen LogP contribution in [-0.2, 0) is 20.7 Å². The van der Waals surface area contributed by atoms with Crippen LogP contribution in [-0.4, -0.2) is 30.1 Å². The number of esters is 1. The van der Waals surface area contributed by atoms with Crippen LogP contribution in [0.4, 0.5) is 5.13 Å². The van der Waals surface area contributed by atoms with Crippen molar-refractivity contribution in [1.82, 2.24) is 4.98 Å². The molecule has 0 aliphatic heterocycles. The van der Waals surface area contributed by atoms with Gasteiger partial charge in [0.1, 0.15) is 5.75 Å². The maximum atomic E-state index is 11.9. The molecule has 1 aromatic heterocycles. The van der Waals surface area contributed by atoms with Crippen molar-refractivity contribution in [1.29, 1.82) is 0 Å². The minimum atomic E-state index is -0.330. The molecule has 2 aromatic rings. The molecular weight excluding hydrogens is 396 g/mol. The van der Waals surface area contributed by atoms with E-state index < -0.39 is 0 Å². The van der Waals surface area contributed by atoms with Gasteiger partial charge in [-0.05, 0) is 25.1 Å². The van der Waals surface area contributed by atoms with E-state index >= 15 is 0 Å². The number of aromatic nitrogens is 1. The van der Waals surface area contributed by atoms with E-state index in [0.29, 0.717) is 23.2 Å². The number of carbonyl (C=O) groups is 2. The van der Waals surface area contributed by atoms with Crippen LogP contribution in [0, 0.1) is 0 Å². The Balaban J connectivity index is 1.74. The number of carbonyl (C=O) groups excluding carboxylic acids is 2. The van der Waals surface area contributed by atoms with E-state index in [2.05, 4.69) is 26.2 Å². The van der Waals surface area contributed by atoms with E-state index in [4.69, 9.17) is 9.47 Å². The van der Waals surface area contributed by atoms with Gasteiger partial charge in [-0.3, -0.25) is 9.59 Å². The maximum absolute atomic E-state index is 11.9. The lowest BCUT2D eigenvalue weighted by Gasteiger charge is -2.06. The number of nitrogens with zero attached hydrogens (tertiary/aromatic N) is 1. The van der Waals surface area contributed by atoms with Crippen LogP contribution in [0.2, 0.25) is 0 Å². The fraction of sp³-hybridized carbons (Fsp3) is 0.312. The Kier molecular flexibility index (Phi) is 7.20. The molecule has 0 unspecified atom stereocenters. The van der Waals surface area contributed by atoms with E-state index in [9.17, 15) is 9.59 Å². The second kappa shape index (κ2) is 9.39. The van der Waals surface area contributed by atoms with Gasteiger partial charge in [-0.2, -0.15) is 0 Å². The van der Waals surface area contributed by atoms with Gasteiger partial charge in [0.05, 0.1) is 31.7 Å². The van der Waals surface area contributed by atoms with Crippen LogP contribution in [0.3, 0.4) is 0 Å². The first-order valence-corrected chi connectivity index (χ1v) is 9.02. The zero-order valence-corrected chi connectivity index (χ0v) is 15.5. The second-order valence-corrected chi connectivity index (χ2v) is 6.50. The van der Waals surface area contributed by atoms with E-state index in [1.54, 1.807) is 12.3 Å². The molecule has 1 N–H and O–H groups in total. The van der Waals surface area contributed by atoms with Crippen LogP contribution in [0.1, 0.15) is 19.0 Å². The molecule has 0 bridgehead atoms. The lowest BCUT2D eigenvalue weighted by Crippen LogP contribution is -2.15. The Labute approximate surface area is 152 Å². The van der Waals surface area contributed by atoms with Crippen LogP contribution in [0.25, 0.3) is 0 Å². The summed E-state index contributed by atoms with van der Waals surface area (Å²) in [5.41, 5.74) is 0.583. The Morgan fingerprint density at radius 1 is 1.38 bits per heavy atom. The monoisotopic (exact) mass is 412 g/mol. The summed E-state index contributed by atoms with van der Waals surface area (Å²) in [5.74, 6) is 0.174. The fourth-order valence-corrected chi connectivity index (χ4v) is 2.91. The molecule has 6 nitrogen and oxygen atoms in total. The standard InChI is InChI=1S/C16H17BrN2O4S/c1-2-22-15(21)9-12-10-24-16(18-12)19-14(20)6-7-23-13-5-3-4-11(17)8-13/h3-5,8,10H,2,6-7,9H2,1H3,(H,18,19,20). The Morgan fingerprint density at radius 2 is 2.21 bits per heavy atom. The highest BCUT2D eigenvalue weighted by Crippen LogP contribution is 2.18. The molecule has 0 fully saturated rings. The third-order valence-electron chi connectivity index (χ3n) is 2.82. The van der Waals surface area contributed by atoms with Crippen LogP contribution in [0.15, 0.2) is 34.1 Å². The van der Waals surface area contributed by atoms with Crippen molar-refractivity contribution in [3.05, 3.63) is 39.8 Å². The molecule has 1 amide bonds. The topological polar surface area (TPSA) is 77.5 Å². The number of hydrogen-bond acceptors (Lipinski definition) is 6. The maximum Gasteiger partial charge on any atom is 0.311 e. The molecule has 0 saturated carbocycles. The summed E-state index contributed by atoms with van der Waals surface area (Å²) in [7, 11) is 0. The molecular formula is C16H17BrN2O4S. The average Bonchev–Trinajstić information content (AvgIpc) is 2.94. The summed E-state index contributed by atoms with van der Waals surface area (Å²) in [6, 6.07) is 7.42. The van der Waals surface area contributed by atoms with Gasteiger partial charge in [0, 0.05) is 9.85 Å². The average molecular weight is 413 g/mol. The van der Waals surface area contributed by atoms with E-state index in [1.165, 1.54) is 11.3 Å². The van der Waals surface area contributed by atoms with Gasteiger partial charge in [-0.15, -0.1) is 11.3 Å². The third-order valence-corrected chi connectivity index (χ3v) is 4.12. The molecule has 8 heteroatoms. The number of ether oxygens (including phenoxy) is 2. The number of anilines is 1. The van der Waals surface area contributed by atoms with E-state index in [1.807, 2.05) is 24.3 Å². The Morgan fingerprint density at radius 3 is 2.96 bits per heavy atom. The summed E-state index contributed by atoms with van der Waals surface area (Å²) in [6.07, 6.45) is 0.311. The molecule has 0 spiro atoms. The lowest BCUT2D eigenvalue weighted by atomic mass is 10.3. The minimum absolute atomic E-state index is 0.103. The number of thiazole rings is 1. The molecule has 24 heavy (non-hydrogen) atoms. The first kappa shape index (κ1) is 18.4. The summed E-state index contributed by atoms with van der Waals surface area (Å²) in [4.78, 5) is 27.4. The van der Waals surface area contributed by atoms with Gasteiger partial charge >= 0.3 is 5.97 Å². The highest BCUT2D eigenvalue weighted by molar-refractivity contribution is 9.10. The number of rotatable bonds is 8. The number of halogens is 1. The van der Waals surface area contributed by atoms with Gasteiger partial charge in [-0.1, -0.05) is 22.0 Å². The summed E-state index contributed by atoms with van der Waals surface area (Å²) in [6.45, 7) is 2.36. The quantitative estimate of drug-likeness (QED) is 0.672. The zero-order chi connectivity index (χ0) is 17.4. The first-order valence-electron chi connectivity index (χ1n) is 7.35. The van der Waals surface area contributed by atoms with Crippen LogP contribution >= 0.6 is 27.3 Å². The third kappa shape index (κ3) is 6.29. The number of hydrogen-bond donors (Lipinski definition) is 1. The van der Waals surface area contributed by atoms with E-state index in [-0.39, 0.29) is 31.3 Å². The van der Waals surface area contributed by atoms with Crippen molar-refractivity contribution in [2.24, 2.45) is 0 Å². The lowest BCUT2D eigenvalue weighted by molar-refractivity contribution is -0.142. The van der Waals surface area contributed by atoms with Gasteiger partial charge in [0.15, 0.2) is 5.13 Å². The van der Waals surface area contributed by atoms with Crippen molar-refractivity contribution >= 4 is 44.3 Å². The highest BCUT2D eigenvalue weighted by Gasteiger charge is 2.10. The van der Waals surface area contributed by atoms with Crippen LogP contribution < -0.4 is 10.1 Å². The number of benzene rings is 1. The summed E-state index contributed by atoms with van der Waals surface area (Å²) in [5, 5.41) is 4.88. The number of nitrogens with one attached hydrogen (secondary N) is 1. The Bertz CT molecular complexity index is 705. The SMILES string of the molecule is CCOC(=O)Cc1csc(NC(=O)CCOc2cccc(Br)c2)n1. The van der Waals surface area contributed by atoms with Crippen molar-refractivity contribution in [3.63, 3.8) is 0 Å². The van der Waals surface area contributed by atoms with Gasteiger partial charge in [0.25, 0.3) is 0 Å². The van der Waals surface area contributed by atoms with Crippen molar-refractivity contribution in [2.75, 3.05) is 18.5 Å². The van der Waals surface area contributed by atoms with Gasteiger partial charge < -0.3 is 14.8 Å². The molecule has 1 aromatic carbocycles. The number of amides is 1. The Hall–Kier alpha value is -1.93. The van der Waals surface area contributed by atoms with Crippen molar-refractivity contribution in [2.45, 2.75) is 19.8 Å². The largest absolute Gasteiger partial charge is 0.493 e. The zero-order valence-electron chi connectivity index (χ0n) is 13.1. The molecule has 2 rings (SSSR count). The molecule has 0 radical (unpaired) electrons. The summed E-state index contributed by atoms with van der Waals surface area (Å²) < 4.78 is 11.3. The molecule has 0 atom stereocenters. The fourth-order valence-electron chi connectivity index (χ4n) is 1.81. The first-order chi connectivity index (χ1) is 11.6. The molecule has 0 aliphatic carbocycles. The molecule has 1 heterocycles. The van der Waals surface area contributed by atoms with Crippen molar-refractivity contribution < 1.29 is 19.1 Å². The molecule has 0 saturated heterocycles. The normalized spacial score (nSPS) is 10.2. The van der Waals surface area contributed by atoms with E-state index in [0.717, 1.165) is 4.47 Å². The highest BCUT2D eigenvalue weighted by atomic mass is 79.9. The minimum Gasteiger partial charge on any atom is -0.493 e. The second-order valence-electron chi connectivity index (χ2n) is 4.73. The predicted octanol–water partition coefficient (Wildman–Crippen LogP) is 3.42. The van der Waals surface area contributed by atoms with Gasteiger partial charge in [-0.25, -0.2) is 4.98 Å². The summed E-state index contributed by atoms with van der Waals surface area (Å²) >= 11 is 4.63. The predicted molar refractivity (Wildman–Crippen MR) is 95.3 cm³/mol. The van der Waals surface area contributed by atoms with Crippen molar-refractivity contribution in [3.8, 4) is 5.75 Å². The molecule has 0 aliphatic rings. The smallest absolute Gasteiger partial charge is 0.311 e. The van der Waals surface area contributed by atoms with Gasteiger partial charge in [0.2, 0.25) is 5.91 Å².